The average molecular weight is 425 g/mol. The Balaban J connectivity index is 1.30. The number of nitrogens with one attached hydrogen (secondary N) is 1. The van der Waals surface area contributed by atoms with E-state index in [1.54, 1.807) is 6.26 Å². The zero-order valence-electron chi connectivity index (χ0n) is 19.0. The minimum Gasteiger partial charge on any atom is -0.372 e. The summed E-state index contributed by atoms with van der Waals surface area (Å²) in [5.74, 6) is 1.87. The maximum Gasteiger partial charge on any atom is 0.194 e. The van der Waals surface area contributed by atoms with Crippen molar-refractivity contribution in [3.05, 3.63) is 47.9 Å². The number of aromatic nitrogens is 1. The summed E-state index contributed by atoms with van der Waals surface area (Å²) in [5.41, 5.74) is 3.60. The number of guanidine groups is 1. The van der Waals surface area contributed by atoms with Crippen molar-refractivity contribution in [2.45, 2.75) is 39.8 Å². The molecule has 2 saturated heterocycles. The second-order valence-electron chi connectivity index (χ2n) is 8.76. The van der Waals surface area contributed by atoms with Gasteiger partial charge in [0.1, 0.15) is 6.26 Å². The van der Waals surface area contributed by atoms with Crippen molar-refractivity contribution in [2.75, 3.05) is 50.7 Å². The first-order valence-electron chi connectivity index (χ1n) is 11.7. The SMILES string of the molecule is CCNC(=NCc1ccc(N2CCC(C)CC2)cc1)N1CCN(Cc2ccon2)CC1. The molecule has 0 radical (unpaired) electrons. The molecule has 2 aromatic rings. The van der Waals surface area contributed by atoms with Gasteiger partial charge in [-0.1, -0.05) is 24.2 Å². The Morgan fingerprint density at radius 2 is 1.81 bits per heavy atom. The Bertz CT molecular complexity index is 803. The molecule has 0 unspecified atom stereocenters. The molecule has 0 spiro atoms. The molecule has 0 aliphatic carbocycles. The second kappa shape index (κ2) is 10.7. The average Bonchev–Trinajstić information content (AvgIpc) is 3.31. The third-order valence-electron chi connectivity index (χ3n) is 6.38. The van der Waals surface area contributed by atoms with Crippen LogP contribution in [0.2, 0.25) is 0 Å². The summed E-state index contributed by atoms with van der Waals surface area (Å²) in [6, 6.07) is 10.9. The summed E-state index contributed by atoms with van der Waals surface area (Å²) in [6.45, 7) is 13.2. The van der Waals surface area contributed by atoms with E-state index in [0.717, 1.165) is 56.8 Å². The Kier molecular flexibility index (Phi) is 7.46. The fourth-order valence-corrected chi connectivity index (χ4v) is 4.34. The maximum absolute atomic E-state index is 4.95. The summed E-state index contributed by atoms with van der Waals surface area (Å²) < 4.78 is 4.95. The van der Waals surface area contributed by atoms with E-state index in [1.807, 2.05) is 6.07 Å². The highest BCUT2D eigenvalue weighted by Crippen LogP contribution is 2.23. The minimum absolute atomic E-state index is 0.707. The van der Waals surface area contributed by atoms with E-state index >= 15 is 0 Å². The summed E-state index contributed by atoms with van der Waals surface area (Å²) in [7, 11) is 0. The van der Waals surface area contributed by atoms with Crippen molar-refractivity contribution < 1.29 is 4.52 Å². The van der Waals surface area contributed by atoms with Crippen molar-refractivity contribution in [1.29, 1.82) is 0 Å². The van der Waals surface area contributed by atoms with Gasteiger partial charge >= 0.3 is 0 Å². The minimum atomic E-state index is 0.707. The van der Waals surface area contributed by atoms with Crippen LogP contribution in [0.4, 0.5) is 5.69 Å². The fraction of sp³-hybridized carbons (Fsp3) is 0.583. The molecule has 4 rings (SSSR count). The van der Waals surface area contributed by atoms with Crippen LogP contribution in [-0.4, -0.2) is 66.7 Å². The quantitative estimate of drug-likeness (QED) is 0.568. The van der Waals surface area contributed by atoms with Gasteiger partial charge in [0.2, 0.25) is 0 Å². The standard InChI is InChI=1S/C24H36N6O/c1-3-25-24(30-15-13-28(14-16-30)19-22-10-17-31-27-22)26-18-21-4-6-23(7-5-21)29-11-8-20(2)9-12-29/h4-7,10,17,20H,3,8-9,11-16,18-19H2,1-2H3,(H,25,26). The van der Waals surface area contributed by atoms with Gasteiger partial charge in [-0.2, -0.15) is 0 Å². The molecule has 168 valence electrons. The van der Waals surface area contributed by atoms with Crippen LogP contribution in [0, 0.1) is 5.92 Å². The van der Waals surface area contributed by atoms with Crippen molar-refractivity contribution in [3.8, 4) is 0 Å². The molecular weight excluding hydrogens is 388 g/mol. The second-order valence-corrected chi connectivity index (χ2v) is 8.76. The van der Waals surface area contributed by atoms with Crippen LogP contribution in [0.1, 0.15) is 37.9 Å². The molecule has 1 N–H and O–H groups in total. The molecule has 1 aromatic heterocycles. The van der Waals surface area contributed by atoms with Crippen molar-refractivity contribution in [1.82, 2.24) is 20.3 Å². The van der Waals surface area contributed by atoms with E-state index in [9.17, 15) is 0 Å². The molecule has 0 bridgehead atoms. The van der Waals surface area contributed by atoms with Crippen LogP contribution in [0.25, 0.3) is 0 Å². The number of piperazine rings is 1. The van der Waals surface area contributed by atoms with E-state index in [1.165, 1.54) is 37.2 Å². The highest BCUT2D eigenvalue weighted by Gasteiger charge is 2.20. The summed E-state index contributed by atoms with van der Waals surface area (Å²) in [5, 5.41) is 7.50. The molecule has 3 heterocycles. The van der Waals surface area contributed by atoms with Gasteiger partial charge in [-0.3, -0.25) is 4.90 Å². The van der Waals surface area contributed by atoms with Gasteiger partial charge < -0.3 is 19.6 Å². The van der Waals surface area contributed by atoms with Gasteiger partial charge in [0.25, 0.3) is 0 Å². The van der Waals surface area contributed by atoms with Crippen molar-refractivity contribution in [2.24, 2.45) is 10.9 Å². The zero-order chi connectivity index (χ0) is 21.5. The molecule has 0 saturated carbocycles. The van der Waals surface area contributed by atoms with Gasteiger partial charge in [-0.15, -0.1) is 0 Å². The lowest BCUT2D eigenvalue weighted by molar-refractivity contribution is 0.169. The summed E-state index contributed by atoms with van der Waals surface area (Å²) in [6.07, 6.45) is 4.23. The van der Waals surface area contributed by atoms with Crippen LogP contribution in [0.3, 0.4) is 0 Å². The predicted octanol–water partition coefficient (Wildman–Crippen LogP) is 3.19. The number of hydrogen-bond donors (Lipinski definition) is 1. The molecule has 0 amide bonds. The monoisotopic (exact) mass is 424 g/mol. The lowest BCUT2D eigenvalue weighted by Gasteiger charge is -2.36. The smallest absolute Gasteiger partial charge is 0.194 e. The van der Waals surface area contributed by atoms with Gasteiger partial charge in [0.15, 0.2) is 5.96 Å². The maximum atomic E-state index is 4.95. The Hall–Kier alpha value is -2.54. The van der Waals surface area contributed by atoms with Crippen LogP contribution in [-0.2, 0) is 13.1 Å². The molecule has 2 aliphatic heterocycles. The first kappa shape index (κ1) is 21.7. The number of rotatable bonds is 6. The van der Waals surface area contributed by atoms with E-state index < -0.39 is 0 Å². The molecule has 2 fully saturated rings. The lowest BCUT2D eigenvalue weighted by atomic mass is 9.99. The number of hydrogen-bond acceptors (Lipinski definition) is 5. The fourth-order valence-electron chi connectivity index (χ4n) is 4.34. The van der Waals surface area contributed by atoms with E-state index in [2.05, 4.69) is 63.3 Å². The molecule has 0 atom stereocenters. The third kappa shape index (κ3) is 6.00. The normalized spacial score (nSPS) is 19.1. The van der Waals surface area contributed by atoms with Gasteiger partial charge in [-0.05, 0) is 43.4 Å². The molecule has 7 heteroatoms. The highest BCUT2D eigenvalue weighted by molar-refractivity contribution is 5.80. The summed E-state index contributed by atoms with van der Waals surface area (Å²) >= 11 is 0. The van der Waals surface area contributed by atoms with E-state index in [4.69, 9.17) is 9.52 Å². The van der Waals surface area contributed by atoms with Gasteiger partial charge in [-0.25, -0.2) is 4.99 Å². The first-order valence-corrected chi connectivity index (χ1v) is 11.7. The highest BCUT2D eigenvalue weighted by atomic mass is 16.5. The van der Waals surface area contributed by atoms with Crippen LogP contribution in [0.15, 0.2) is 46.1 Å². The topological polar surface area (TPSA) is 60.1 Å². The predicted molar refractivity (Wildman–Crippen MR) is 125 cm³/mol. The molecule has 2 aliphatic rings. The summed E-state index contributed by atoms with van der Waals surface area (Å²) in [4.78, 5) is 12.2. The Labute approximate surface area is 186 Å². The molecule has 1 aromatic carbocycles. The van der Waals surface area contributed by atoms with E-state index in [0.29, 0.717) is 6.54 Å². The first-order chi connectivity index (χ1) is 15.2. The van der Waals surface area contributed by atoms with Crippen molar-refractivity contribution in [3.63, 3.8) is 0 Å². The van der Waals surface area contributed by atoms with Gasteiger partial charge in [0, 0.05) is 64.1 Å². The largest absolute Gasteiger partial charge is 0.372 e. The van der Waals surface area contributed by atoms with Crippen molar-refractivity contribution >= 4 is 11.6 Å². The van der Waals surface area contributed by atoms with Crippen LogP contribution in [0.5, 0.6) is 0 Å². The number of nitrogens with zero attached hydrogens (tertiary/aromatic N) is 5. The molecule has 31 heavy (non-hydrogen) atoms. The number of aliphatic imine (C=N–C) groups is 1. The van der Waals surface area contributed by atoms with Crippen LogP contribution >= 0.6 is 0 Å². The lowest BCUT2D eigenvalue weighted by Crippen LogP contribution is -2.52. The Morgan fingerprint density at radius 1 is 1.06 bits per heavy atom. The Morgan fingerprint density at radius 3 is 2.45 bits per heavy atom. The van der Waals surface area contributed by atoms with E-state index in [-0.39, 0.29) is 0 Å². The number of benzene rings is 1. The zero-order valence-corrected chi connectivity index (χ0v) is 19.0. The number of anilines is 1. The molecule has 7 nitrogen and oxygen atoms in total. The van der Waals surface area contributed by atoms with Gasteiger partial charge in [0.05, 0.1) is 12.2 Å². The van der Waals surface area contributed by atoms with Crippen LogP contribution < -0.4 is 10.2 Å². The molecular formula is C24H36N6O. The number of piperidine rings is 1. The third-order valence-corrected chi connectivity index (χ3v) is 6.38.